The number of imidazole rings is 1. The van der Waals surface area contributed by atoms with Crippen LogP contribution in [-0.2, 0) is 11.3 Å². The van der Waals surface area contributed by atoms with Crippen molar-refractivity contribution >= 4 is 11.0 Å². The standard InChI is InChI=1S/C12H9F2N3O2/c1-18-5-7-4-10(17-19-7)12-15-9-3-6(13)2-8(14)11(9)16-12/h2-4H,5H2,1H3,(H,15,16). The monoisotopic (exact) mass is 265 g/mol. The van der Waals surface area contributed by atoms with Crippen LogP contribution in [0.3, 0.4) is 0 Å². The minimum absolute atomic E-state index is 0.0627. The summed E-state index contributed by atoms with van der Waals surface area (Å²) in [5, 5.41) is 3.79. The summed E-state index contributed by atoms with van der Waals surface area (Å²) in [4.78, 5) is 6.83. The van der Waals surface area contributed by atoms with Crippen LogP contribution >= 0.6 is 0 Å². The maximum Gasteiger partial charge on any atom is 0.163 e. The van der Waals surface area contributed by atoms with Crippen molar-refractivity contribution in [2.45, 2.75) is 6.61 Å². The molecule has 2 aromatic heterocycles. The second kappa shape index (κ2) is 4.43. The smallest absolute Gasteiger partial charge is 0.163 e. The van der Waals surface area contributed by atoms with Crippen LogP contribution in [0.4, 0.5) is 8.78 Å². The van der Waals surface area contributed by atoms with Crippen LogP contribution in [0.1, 0.15) is 5.76 Å². The van der Waals surface area contributed by atoms with Crippen molar-refractivity contribution in [1.82, 2.24) is 15.1 Å². The first-order chi connectivity index (χ1) is 9.17. The molecule has 0 unspecified atom stereocenters. The number of hydrogen-bond donors (Lipinski definition) is 1. The zero-order chi connectivity index (χ0) is 13.4. The maximum absolute atomic E-state index is 13.5. The normalized spacial score (nSPS) is 11.3. The lowest BCUT2D eigenvalue weighted by Crippen LogP contribution is -1.82. The molecular formula is C12H9F2N3O2. The summed E-state index contributed by atoms with van der Waals surface area (Å²) >= 11 is 0. The number of halogens is 2. The van der Waals surface area contributed by atoms with E-state index < -0.39 is 11.6 Å². The molecule has 0 saturated carbocycles. The van der Waals surface area contributed by atoms with Gasteiger partial charge in [-0.15, -0.1) is 0 Å². The van der Waals surface area contributed by atoms with Crippen molar-refractivity contribution in [2.75, 3.05) is 7.11 Å². The number of benzene rings is 1. The topological polar surface area (TPSA) is 63.9 Å². The van der Waals surface area contributed by atoms with E-state index >= 15 is 0 Å². The molecule has 1 aromatic carbocycles. The first-order valence-corrected chi connectivity index (χ1v) is 5.47. The second-order valence-corrected chi connectivity index (χ2v) is 3.98. The lowest BCUT2D eigenvalue weighted by Gasteiger charge is -1.90. The third-order valence-corrected chi connectivity index (χ3v) is 2.59. The van der Waals surface area contributed by atoms with Gasteiger partial charge in [-0.3, -0.25) is 0 Å². The highest BCUT2D eigenvalue weighted by atomic mass is 19.1. The fourth-order valence-electron chi connectivity index (χ4n) is 1.80. The van der Waals surface area contributed by atoms with Gasteiger partial charge in [-0.2, -0.15) is 0 Å². The molecule has 0 saturated heterocycles. The Hall–Kier alpha value is -2.28. The van der Waals surface area contributed by atoms with Gasteiger partial charge < -0.3 is 14.2 Å². The number of nitrogens with one attached hydrogen (secondary N) is 1. The number of rotatable bonds is 3. The quantitative estimate of drug-likeness (QED) is 0.790. The van der Waals surface area contributed by atoms with Crippen molar-refractivity contribution in [3.63, 3.8) is 0 Å². The van der Waals surface area contributed by atoms with Gasteiger partial charge in [0.25, 0.3) is 0 Å². The predicted molar refractivity (Wildman–Crippen MR) is 62.2 cm³/mol. The summed E-state index contributed by atoms with van der Waals surface area (Å²) in [6.45, 7) is 0.274. The van der Waals surface area contributed by atoms with Crippen molar-refractivity contribution in [1.29, 1.82) is 0 Å². The first-order valence-electron chi connectivity index (χ1n) is 5.47. The zero-order valence-electron chi connectivity index (χ0n) is 9.91. The summed E-state index contributed by atoms with van der Waals surface area (Å²) in [6.07, 6.45) is 0. The maximum atomic E-state index is 13.5. The number of fused-ring (bicyclic) bond motifs is 1. The van der Waals surface area contributed by atoms with Gasteiger partial charge in [-0.25, -0.2) is 13.8 Å². The number of methoxy groups -OCH3 is 1. The molecule has 19 heavy (non-hydrogen) atoms. The van der Waals surface area contributed by atoms with Crippen LogP contribution in [0.25, 0.3) is 22.6 Å². The molecule has 2 heterocycles. The fourth-order valence-corrected chi connectivity index (χ4v) is 1.80. The van der Waals surface area contributed by atoms with E-state index in [-0.39, 0.29) is 17.6 Å². The molecule has 0 aliphatic heterocycles. The Morgan fingerprint density at radius 1 is 1.32 bits per heavy atom. The first kappa shape index (κ1) is 11.8. The Bertz CT molecular complexity index is 736. The number of nitrogens with zero attached hydrogens (tertiary/aromatic N) is 2. The predicted octanol–water partition coefficient (Wildman–Crippen LogP) is 2.64. The van der Waals surface area contributed by atoms with E-state index in [4.69, 9.17) is 9.26 Å². The largest absolute Gasteiger partial charge is 0.377 e. The fraction of sp³-hybridized carbons (Fsp3) is 0.167. The molecule has 3 aromatic rings. The molecule has 0 spiro atoms. The van der Waals surface area contributed by atoms with Crippen LogP contribution in [0, 0.1) is 11.6 Å². The Morgan fingerprint density at radius 3 is 2.95 bits per heavy atom. The number of aromatic amines is 1. The van der Waals surface area contributed by atoms with Crippen molar-refractivity contribution in [3.05, 3.63) is 35.6 Å². The number of aromatic nitrogens is 3. The molecule has 3 rings (SSSR count). The van der Waals surface area contributed by atoms with Crippen molar-refractivity contribution in [3.8, 4) is 11.5 Å². The average Bonchev–Trinajstić information content (AvgIpc) is 2.95. The summed E-state index contributed by atoms with van der Waals surface area (Å²) in [7, 11) is 1.53. The molecular weight excluding hydrogens is 256 g/mol. The molecule has 0 bridgehead atoms. The molecule has 0 atom stereocenters. The number of ether oxygens (including phenoxy) is 1. The summed E-state index contributed by atoms with van der Waals surface area (Å²) in [5.41, 5.74) is 0.736. The van der Waals surface area contributed by atoms with Crippen molar-refractivity contribution in [2.24, 2.45) is 0 Å². The number of H-pyrrole nitrogens is 1. The molecule has 5 nitrogen and oxygen atoms in total. The molecule has 0 radical (unpaired) electrons. The molecule has 1 N–H and O–H groups in total. The van der Waals surface area contributed by atoms with Crippen LogP contribution in [0.5, 0.6) is 0 Å². The van der Waals surface area contributed by atoms with Crippen LogP contribution in [-0.4, -0.2) is 22.2 Å². The van der Waals surface area contributed by atoms with E-state index in [1.807, 2.05) is 0 Å². The molecule has 0 amide bonds. The van der Waals surface area contributed by atoms with E-state index in [9.17, 15) is 8.78 Å². The van der Waals surface area contributed by atoms with Gasteiger partial charge in [-0.1, -0.05) is 5.16 Å². The highest BCUT2D eigenvalue weighted by Gasteiger charge is 2.14. The van der Waals surface area contributed by atoms with E-state index in [2.05, 4.69) is 15.1 Å². The van der Waals surface area contributed by atoms with E-state index in [0.717, 1.165) is 6.07 Å². The third kappa shape index (κ3) is 2.08. The Balaban J connectivity index is 2.07. The summed E-state index contributed by atoms with van der Waals surface area (Å²) < 4.78 is 36.5. The van der Waals surface area contributed by atoms with Gasteiger partial charge in [0.05, 0.1) is 5.52 Å². The SMILES string of the molecule is COCc1cc(-c2nc3c(F)cc(F)cc3[nH]2)no1. The summed E-state index contributed by atoms with van der Waals surface area (Å²) in [5.74, 6) is -0.561. The minimum Gasteiger partial charge on any atom is -0.377 e. The highest BCUT2D eigenvalue weighted by molar-refractivity contribution is 5.79. The van der Waals surface area contributed by atoms with Gasteiger partial charge in [0, 0.05) is 19.2 Å². The van der Waals surface area contributed by atoms with Crippen molar-refractivity contribution < 1.29 is 18.0 Å². The lowest BCUT2D eigenvalue weighted by atomic mass is 10.3. The second-order valence-electron chi connectivity index (χ2n) is 3.98. The van der Waals surface area contributed by atoms with Crippen LogP contribution < -0.4 is 0 Å². The van der Waals surface area contributed by atoms with Gasteiger partial charge in [0.2, 0.25) is 0 Å². The summed E-state index contributed by atoms with van der Waals surface area (Å²) in [6, 6.07) is 3.58. The third-order valence-electron chi connectivity index (χ3n) is 2.59. The highest BCUT2D eigenvalue weighted by Crippen LogP contribution is 2.23. The average molecular weight is 265 g/mol. The minimum atomic E-state index is -0.724. The lowest BCUT2D eigenvalue weighted by molar-refractivity contribution is 0.156. The zero-order valence-corrected chi connectivity index (χ0v) is 9.91. The van der Waals surface area contributed by atoms with Gasteiger partial charge in [0.1, 0.15) is 23.6 Å². The molecule has 7 heteroatoms. The van der Waals surface area contributed by atoms with E-state index in [0.29, 0.717) is 17.3 Å². The van der Waals surface area contributed by atoms with Gasteiger partial charge in [0.15, 0.2) is 17.4 Å². The Labute approximate surface area is 106 Å². The number of hydrogen-bond acceptors (Lipinski definition) is 4. The molecule has 0 aliphatic rings. The van der Waals surface area contributed by atoms with Crippen LogP contribution in [0.15, 0.2) is 22.7 Å². The van der Waals surface area contributed by atoms with E-state index in [1.165, 1.54) is 13.2 Å². The molecule has 0 aliphatic carbocycles. The molecule has 98 valence electrons. The molecule has 0 fully saturated rings. The Kier molecular flexibility index (Phi) is 2.75. The van der Waals surface area contributed by atoms with Gasteiger partial charge in [-0.05, 0) is 6.07 Å². The van der Waals surface area contributed by atoms with Gasteiger partial charge >= 0.3 is 0 Å². The van der Waals surface area contributed by atoms with E-state index in [1.54, 1.807) is 6.07 Å². The van der Waals surface area contributed by atoms with Crippen LogP contribution in [0.2, 0.25) is 0 Å². The Morgan fingerprint density at radius 2 is 2.16 bits per heavy atom.